The molecule has 0 bridgehead atoms. The van der Waals surface area contributed by atoms with Crippen LogP contribution in [0, 0.1) is 0 Å². The minimum absolute atomic E-state index is 0.0266. The normalized spacial score (nSPS) is 10.4. The number of likely N-dealkylation sites (N-methyl/N-ethyl adjacent to an activating group) is 1. The zero-order chi connectivity index (χ0) is 15.2. The molecular formula is C16H19N3O2. The Morgan fingerprint density at radius 1 is 1.10 bits per heavy atom. The Balaban J connectivity index is 2.28. The molecule has 1 amide bonds. The molecule has 2 aromatic rings. The molecule has 1 heterocycles. The minimum atomic E-state index is -0.268. The molecule has 2 rings (SSSR count). The Labute approximate surface area is 123 Å². The summed E-state index contributed by atoms with van der Waals surface area (Å²) < 4.78 is 1.23. The van der Waals surface area contributed by atoms with E-state index in [0.29, 0.717) is 18.8 Å². The predicted molar refractivity (Wildman–Crippen MR) is 81.9 cm³/mol. The van der Waals surface area contributed by atoms with Crippen LogP contribution in [-0.2, 0) is 11.3 Å². The first kappa shape index (κ1) is 15.0. The SMILES string of the molecule is CCN(CC)C(=O)Cn1nc(-c2ccccc2)ccc1=O. The zero-order valence-electron chi connectivity index (χ0n) is 12.3. The summed E-state index contributed by atoms with van der Waals surface area (Å²) >= 11 is 0. The number of nitrogens with zero attached hydrogens (tertiary/aromatic N) is 3. The molecule has 0 N–H and O–H groups in total. The first-order valence-corrected chi connectivity index (χ1v) is 7.07. The number of hydrogen-bond acceptors (Lipinski definition) is 3. The van der Waals surface area contributed by atoms with Crippen LogP contribution < -0.4 is 5.56 Å². The Bertz CT molecular complexity index is 661. The van der Waals surface area contributed by atoms with Crippen LogP contribution in [-0.4, -0.2) is 33.7 Å². The van der Waals surface area contributed by atoms with Crippen molar-refractivity contribution in [3.05, 3.63) is 52.8 Å². The van der Waals surface area contributed by atoms with Crippen molar-refractivity contribution in [2.24, 2.45) is 0 Å². The third-order valence-corrected chi connectivity index (χ3v) is 3.34. The summed E-state index contributed by atoms with van der Waals surface area (Å²) in [5.74, 6) is -0.0974. The van der Waals surface area contributed by atoms with Gasteiger partial charge in [0, 0.05) is 24.7 Å². The smallest absolute Gasteiger partial charge is 0.267 e. The van der Waals surface area contributed by atoms with E-state index in [2.05, 4.69) is 5.10 Å². The van der Waals surface area contributed by atoms with Gasteiger partial charge in [-0.2, -0.15) is 5.10 Å². The van der Waals surface area contributed by atoms with Gasteiger partial charge >= 0.3 is 0 Å². The van der Waals surface area contributed by atoms with E-state index in [-0.39, 0.29) is 18.0 Å². The van der Waals surface area contributed by atoms with Gasteiger partial charge in [-0.3, -0.25) is 9.59 Å². The van der Waals surface area contributed by atoms with E-state index < -0.39 is 0 Å². The average molecular weight is 285 g/mol. The summed E-state index contributed by atoms with van der Waals surface area (Å²) in [6, 6.07) is 12.7. The highest BCUT2D eigenvalue weighted by Crippen LogP contribution is 2.13. The number of amides is 1. The third-order valence-electron chi connectivity index (χ3n) is 3.34. The van der Waals surface area contributed by atoms with E-state index >= 15 is 0 Å². The van der Waals surface area contributed by atoms with Gasteiger partial charge in [-0.05, 0) is 19.9 Å². The lowest BCUT2D eigenvalue weighted by molar-refractivity contribution is -0.131. The maximum Gasteiger partial charge on any atom is 0.267 e. The highest BCUT2D eigenvalue weighted by molar-refractivity contribution is 5.75. The number of aromatic nitrogens is 2. The van der Waals surface area contributed by atoms with E-state index in [0.717, 1.165) is 5.56 Å². The van der Waals surface area contributed by atoms with Gasteiger partial charge in [-0.15, -0.1) is 0 Å². The fourth-order valence-corrected chi connectivity index (χ4v) is 2.13. The van der Waals surface area contributed by atoms with Crippen molar-refractivity contribution in [2.45, 2.75) is 20.4 Å². The van der Waals surface area contributed by atoms with E-state index in [1.54, 1.807) is 11.0 Å². The Hall–Kier alpha value is -2.43. The molecular weight excluding hydrogens is 266 g/mol. The number of hydrogen-bond donors (Lipinski definition) is 0. The quantitative estimate of drug-likeness (QED) is 0.841. The Kier molecular flexibility index (Phi) is 4.87. The summed E-state index contributed by atoms with van der Waals surface area (Å²) in [7, 11) is 0. The van der Waals surface area contributed by atoms with E-state index in [1.807, 2.05) is 44.2 Å². The van der Waals surface area contributed by atoms with Crippen LogP contribution >= 0.6 is 0 Å². The molecule has 1 aromatic heterocycles. The van der Waals surface area contributed by atoms with Gasteiger partial charge in [-0.25, -0.2) is 4.68 Å². The van der Waals surface area contributed by atoms with Crippen LogP contribution in [0.3, 0.4) is 0 Å². The average Bonchev–Trinajstić information content (AvgIpc) is 2.51. The molecule has 110 valence electrons. The maximum absolute atomic E-state index is 12.1. The number of carbonyl (C=O) groups is 1. The van der Waals surface area contributed by atoms with Crippen molar-refractivity contribution in [3.63, 3.8) is 0 Å². The molecule has 0 saturated carbocycles. The molecule has 0 atom stereocenters. The van der Waals surface area contributed by atoms with E-state index in [1.165, 1.54) is 10.7 Å². The van der Waals surface area contributed by atoms with Crippen molar-refractivity contribution < 1.29 is 4.79 Å². The van der Waals surface area contributed by atoms with Crippen LogP contribution in [0.5, 0.6) is 0 Å². The highest BCUT2D eigenvalue weighted by Gasteiger charge is 2.12. The van der Waals surface area contributed by atoms with Gasteiger partial charge < -0.3 is 4.90 Å². The number of carbonyl (C=O) groups excluding carboxylic acids is 1. The lowest BCUT2D eigenvalue weighted by Gasteiger charge is -2.18. The Morgan fingerprint density at radius 2 is 1.76 bits per heavy atom. The monoisotopic (exact) mass is 285 g/mol. The van der Waals surface area contributed by atoms with Crippen molar-refractivity contribution in [1.29, 1.82) is 0 Å². The van der Waals surface area contributed by atoms with Crippen LogP contribution in [0.25, 0.3) is 11.3 Å². The standard InChI is InChI=1S/C16H19N3O2/c1-3-18(4-2)16(21)12-19-15(20)11-10-14(17-19)13-8-6-5-7-9-13/h5-11H,3-4,12H2,1-2H3. The molecule has 0 saturated heterocycles. The molecule has 1 aromatic carbocycles. The van der Waals surface area contributed by atoms with Crippen molar-refractivity contribution in [1.82, 2.24) is 14.7 Å². The van der Waals surface area contributed by atoms with Crippen LogP contribution in [0.2, 0.25) is 0 Å². The summed E-state index contributed by atoms with van der Waals surface area (Å²) in [5, 5.41) is 4.29. The molecule has 0 unspecified atom stereocenters. The lowest BCUT2D eigenvalue weighted by atomic mass is 10.1. The van der Waals surface area contributed by atoms with Crippen molar-refractivity contribution in [3.8, 4) is 11.3 Å². The van der Waals surface area contributed by atoms with Gasteiger partial charge in [0.2, 0.25) is 5.91 Å². The van der Waals surface area contributed by atoms with Crippen LogP contribution in [0.15, 0.2) is 47.3 Å². The molecule has 0 spiro atoms. The van der Waals surface area contributed by atoms with Crippen molar-refractivity contribution in [2.75, 3.05) is 13.1 Å². The van der Waals surface area contributed by atoms with Gasteiger partial charge in [0.1, 0.15) is 6.54 Å². The van der Waals surface area contributed by atoms with Crippen LogP contribution in [0.4, 0.5) is 0 Å². The fraction of sp³-hybridized carbons (Fsp3) is 0.312. The maximum atomic E-state index is 12.1. The van der Waals surface area contributed by atoms with Gasteiger partial charge in [0.25, 0.3) is 5.56 Å². The molecule has 0 aliphatic carbocycles. The Morgan fingerprint density at radius 3 is 2.38 bits per heavy atom. The highest BCUT2D eigenvalue weighted by atomic mass is 16.2. The fourth-order valence-electron chi connectivity index (χ4n) is 2.13. The summed E-state index contributed by atoms with van der Waals surface area (Å²) in [5.41, 5.74) is 1.33. The summed E-state index contributed by atoms with van der Waals surface area (Å²) in [6.45, 7) is 5.06. The topological polar surface area (TPSA) is 55.2 Å². The third kappa shape index (κ3) is 3.56. The van der Waals surface area contributed by atoms with Crippen LogP contribution in [0.1, 0.15) is 13.8 Å². The predicted octanol–water partition coefficient (Wildman–Crippen LogP) is 1.78. The van der Waals surface area contributed by atoms with E-state index in [4.69, 9.17) is 0 Å². The second-order valence-electron chi connectivity index (χ2n) is 4.65. The molecule has 0 aliphatic rings. The summed E-state index contributed by atoms with van der Waals surface area (Å²) in [6.07, 6.45) is 0. The zero-order valence-corrected chi connectivity index (χ0v) is 12.3. The summed E-state index contributed by atoms with van der Waals surface area (Å²) in [4.78, 5) is 25.7. The first-order valence-electron chi connectivity index (χ1n) is 7.07. The molecule has 0 fully saturated rings. The van der Waals surface area contributed by atoms with Gasteiger partial charge in [0.05, 0.1) is 5.69 Å². The van der Waals surface area contributed by atoms with Gasteiger partial charge in [-0.1, -0.05) is 30.3 Å². The minimum Gasteiger partial charge on any atom is -0.342 e. The second kappa shape index (κ2) is 6.83. The lowest BCUT2D eigenvalue weighted by Crippen LogP contribution is -2.37. The molecule has 0 aliphatic heterocycles. The number of rotatable bonds is 5. The second-order valence-corrected chi connectivity index (χ2v) is 4.65. The molecule has 0 radical (unpaired) electrons. The van der Waals surface area contributed by atoms with Crippen molar-refractivity contribution >= 4 is 5.91 Å². The molecule has 21 heavy (non-hydrogen) atoms. The van der Waals surface area contributed by atoms with Gasteiger partial charge in [0.15, 0.2) is 0 Å². The molecule has 5 nitrogen and oxygen atoms in total. The first-order chi connectivity index (χ1) is 10.2. The largest absolute Gasteiger partial charge is 0.342 e. The number of benzene rings is 1. The van der Waals surface area contributed by atoms with E-state index in [9.17, 15) is 9.59 Å². The molecule has 5 heteroatoms.